The van der Waals surface area contributed by atoms with Gasteiger partial charge in [0.25, 0.3) is 0 Å². The van der Waals surface area contributed by atoms with Crippen LogP contribution in [0.25, 0.3) is 0 Å². The summed E-state index contributed by atoms with van der Waals surface area (Å²) in [7, 11) is 0. The molecule has 2 heterocycles. The molecule has 0 aromatic heterocycles. The first-order valence-corrected chi connectivity index (χ1v) is 27.6. The molecule has 0 spiro atoms. The van der Waals surface area contributed by atoms with Crippen LogP contribution >= 0.6 is 0 Å². The zero-order valence-electron chi connectivity index (χ0n) is 48.8. The molecule has 0 saturated carbocycles. The second-order valence-corrected chi connectivity index (χ2v) is 23.8. The molecular weight excluding hydrogens is 886 g/mol. The largest absolute Gasteiger partial charge is 0.491 e. The third kappa shape index (κ3) is 20.5. The monoisotopic (exact) mass is 986 g/mol. The van der Waals surface area contributed by atoms with Crippen LogP contribution in [0.4, 0.5) is 10.1 Å². The van der Waals surface area contributed by atoms with E-state index >= 15 is 0 Å². The lowest BCUT2D eigenvalue weighted by Crippen LogP contribution is -2.36. The highest BCUT2D eigenvalue weighted by Crippen LogP contribution is 2.35. The first kappa shape index (κ1) is 61.8. The second-order valence-electron chi connectivity index (χ2n) is 23.8. The number of morpholine rings is 1. The van der Waals surface area contributed by atoms with Crippen molar-refractivity contribution in [1.29, 1.82) is 0 Å². The first-order valence-electron chi connectivity index (χ1n) is 27.6. The Hall–Kier alpha value is -4.45. The van der Waals surface area contributed by atoms with E-state index in [0.717, 1.165) is 50.5 Å². The van der Waals surface area contributed by atoms with Crippen LogP contribution in [0.15, 0.2) is 115 Å². The van der Waals surface area contributed by atoms with Gasteiger partial charge in [0.2, 0.25) is 0 Å². The zero-order valence-corrected chi connectivity index (χ0v) is 48.8. The maximum Gasteiger partial charge on any atom is 0.146 e. The van der Waals surface area contributed by atoms with Crippen LogP contribution in [0.1, 0.15) is 225 Å². The summed E-state index contributed by atoms with van der Waals surface area (Å²) in [4.78, 5) is 2.04. The summed E-state index contributed by atoms with van der Waals surface area (Å²) >= 11 is 0. The number of benzene rings is 5. The normalized spacial score (nSPS) is 14.7. The summed E-state index contributed by atoms with van der Waals surface area (Å²) in [6.45, 7) is 46.7. The Balaban J connectivity index is 0.000000239. The lowest BCUT2D eigenvalue weighted by Gasteiger charge is -2.34. The highest BCUT2D eigenvalue weighted by atomic mass is 19.1. The van der Waals surface area contributed by atoms with E-state index in [1.165, 1.54) is 45.4 Å². The molecule has 398 valence electrons. The Morgan fingerprint density at radius 3 is 1.26 bits per heavy atom. The molecular formula is C67H100FNO3. The summed E-state index contributed by atoms with van der Waals surface area (Å²) in [6, 6.07) is 41.1. The van der Waals surface area contributed by atoms with Gasteiger partial charge in [0.05, 0.1) is 25.0 Å². The predicted octanol–water partition coefficient (Wildman–Crippen LogP) is 18.9. The van der Waals surface area contributed by atoms with E-state index in [2.05, 4.69) is 203 Å². The van der Waals surface area contributed by atoms with Crippen molar-refractivity contribution in [2.75, 3.05) is 44.4 Å². The molecule has 5 aromatic rings. The molecule has 7 rings (SSSR count). The van der Waals surface area contributed by atoms with E-state index in [4.69, 9.17) is 14.2 Å². The predicted molar refractivity (Wildman–Crippen MR) is 311 cm³/mol. The fraction of sp³-hybridized carbons (Fsp3) is 0.552. The van der Waals surface area contributed by atoms with Crippen LogP contribution in [0.5, 0.6) is 5.75 Å². The summed E-state index contributed by atoms with van der Waals surface area (Å²) in [5, 5.41) is 0. The molecule has 72 heavy (non-hydrogen) atoms. The molecule has 0 unspecified atom stereocenters. The maximum absolute atomic E-state index is 13.9. The molecule has 5 heteroatoms. The molecule has 2 fully saturated rings. The number of rotatable bonds is 11. The van der Waals surface area contributed by atoms with Crippen LogP contribution in [-0.4, -0.2) is 45.6 Å². The van der Waals surface area contributed by atoms with Crippen molar-refractivity contribution < 1.29 is 18.6 Å². The Morgan fingerprint density at radius 2 is 0.889 bits per heavy atom. The first-order chi connectivity index (χ1) is 33.8. The fourth-order valence-corrected chi connectivity index (χ4v) is 8.42. The quantitative estimate of drug-likeness (QED) is 0.132. The van der Waals surface area contributed by atoms with Gasteiger partial charge >= 0.3 is 0 Å². The summed E-state index contributed by atoms with van der Waals surface area (Å²) < 4.78 is 30.2. The van der Waals surface area contributed by atoms with E-state index in [1.807, 2.05) is 43.0 Å². The Morgan fingerprint density at radius 1 is 0.514 bits per heavy atom. The zero-order chi connectivity index (χ0) is 53.8. The summed E-state index contributed by atoms with van der Waals surface area (Å²) in [5.41, 5.74) is 12.6. The summed E-state index contributed by atoms with van der Waals surface area (Å²) in [5.74, 6) is 3.69. The lowest BCUT2D eigenvalue weighted by molar-refractivity contribution is 0.0564. The van der Waals surface area contributed by atoms with Crippen molar-refractivity contribution in [3.8, 4) is 5.75 Å². The van der Waals surface area contributed by atoms with Crippen molar-refractivity contribution >= 4 is 5.69 Å². The molecule has 5 aromatic carbocycles. The van der Waals surface area contributed by atoms with E-state index in [9.17, 15) is 4.39 Å². The standard InChI is InChI=1S/C15H22O.C14H22.C13H18FNO.C13H20.C12H18O/c1-12(2)13-4-6-14(7-5-13)15(3)8-10-16-11-9-15;1-6-14(4,5)13-9-7-12(8-10-13)11(2)3;1-10(2)11-3-4-13(12(14)9-11)15-5-7-16-8-6-15;1-10(2)11-6-8-12(9-7-11)13(3,4)5;1-9(2)11-5-7-12(8-6-11)13-10(3)4/h4-7,12H,8-11H2,1-3H3;7-11H,6H2,1-5H3;3-4,9-10H,5-8H2,1-2H3;6-10H,1-5H3;5-10H,1-4H3. The van der Waals surface area contributed by atoms with Crippen LogP contribution in [0.3, 0.4) is 0 Å². The summed E-state index contributed by atoms with van der Waals surface area (Å²) in [6.07, 6.45) is 3.74. The van der Waals surface area contributed by atoms with E-state index < -0.39 is 0 Å². The molecule has 0 N–H and O–H groups in total. The number of anilines is 1. The molecule has 0 aliphatic carbocycles. The maximum atomic E-state index is 13.9. The van der Waals surface area contributed by atoms with Crippen molar-refractivity contribution in [1.82, 2.24) is 0 Å². The van der Waals surface area contributed by atoms with Gasteiger partial charge in [-0.25, -0.2) is 4.39 Å². The SMILES string of the molecule is CC(C)Oc1ccc(C(C)C)cc1.CC(C)c1ccc(C(C)(C)C)cc1.CC(C)c1ccc(C2(C)CCOCC2)cc1.CC(C)c1ccc(N2CCOCC2)c(F)c1.CCC(C)(C)c1ccc(C(C)C)cc1. The minimum atomic E-state index is -0.117. The molecule has 0 bridgehead atoms. The third-order valence-corrected chi connectivity index (χ3v) is 14.5. The average Bonchev–Trinajstić information content (AvgIpc) is 3.35. The number of ether oxygens (including phenoxy) is 3. The van der Waals surface area contributed by atoms with Gasteiger partial charge in [-0.05, 0) is 148 Å². The Kier molecular flexibility index (Phi) is 25.3. The molecule has 0 radical (unpaired) electrons. The van der Waals surface area contributed by atoms with Gasteiger partial charge in [-0.1, -0.05) is 209 Å². The fourth-order valence-electron chi connectivity index (χ4n) is 8.42. The van der Waals surface area contributed by atoms with Crippen molar-refractivity contribution in [2.24, 2.45) is 0 Å². The van der Waals surface area contributed by atoms with Crippen LogP contribution in [-0.2, 0) is 25.7 Å². The third-order valence-electron chi connectivity index (χ3n) is 14.5. The Bertz CT molecular complexity index is 2230. The van der Waals surface area contributed by atoms with Gasteiger partial charge in [-0.3, -0.25) is 0 Å². The van der Waals surface area contributed by atoms with Gasteiger partial charge in [-0.2, -0.15) is 0 Å². The highest BCUT2D eigenvalue weighted by Gasteiger charge is 2.29. The number of halogens is 1. The molecule has 0 atom stereocenters. The van der Waals surface area contributed by atoms with Gasteiger partial charge in [0, 0.05) is 26.3 Å². The van der Waals surface area contributed by atoms with Crippen molar-refractivity contribution in [3.63, 3.8) is 0 Å². The second kappa shape index (κ2) is 29.4. The molecule has 0 amide bonds. The van der Waals surface area contributed by atoms with Gasteiger partial charge in [0.1, 0.15) is 11.6 Å². The van der Waals surface area contributed by atoms with Crippen LogP contribution < -0.4 is 9.64 Å². The van der Waals surface area contributed by atoms with Gasteiger partial charge in [-0.15, -0.1) is 0 Å². The van der Waals surface area contributed by atoms with Gasteiger partial charge < -0.3 is 19.1 Å². The molecule has 2 saturated heterocycles. The minimum Gasteiger partial charge on any atom is -0.491 e. The average molecular weight is 987 g/mol. The van der Waals surface area contributed by atoms with Gasteiger partial charge in [0.15, 0.2) is 0 Å². The molecule has 2 aliphatic rings. The topological polar surface area (TPSA) is 30.9 Å². The van der Waals surface area contributed by atoms with E-state index in [1.54, 1.807) is 6.07 Å². The molecule has 2 aliphatic heterocycles. The van der Waals surface area contributed by atoms with E-state index in [-0.39, 0.29) is 17.3 Å². The van der Waals surface area contributed by atoms with Crippen molar-refractivity contribution in [2.45, 2.75) is 203 Å². The Labute approximate surface area is 440 Å². The highest BCUT2D eigenvalue weighted by molar-refractivity contribution is 5.50. The van der Waals surface area contributed by atoms with E-state index in [0.29, 0.717) is 59.3 Å². The van der Waals surface area contributed by atoms with Crippen molar-refractivity contribution in [3.05, 3.63) is 166 Å². The minimum absolute atomic E-state index is 0.117. The number of hydrogen-bond donors (Lipinski definition) is 0. The smallest absolute Gasteiger partial charge is 0.146 e. The molecule has 4 nitrogen and oxygen atoms in total. The van der Waals surface area contributed by atoms with Crippen LogP contribution in [0.2, 0.25) is 0 Å². The van der Waals surface area contributed by atoms with Crippen LogP contribution in [0, 0.1) is 5.82 Å². The number of nitrogens with zero attached hydrogens (tertiary/aromatic N) is 1. The number of hydrogen-bond acceptors (Lipinski definition) is 4. The lowest BCUT2D eigenvalue weighted by atomic mass is 9.76.